The van der Waals surface area contributed by atoms with Gasteiger partial charge in [-0.1, -0.05) is 17.3 Å². The molecule has 7 heteroatoms. The van der Waals surface area contributed by atoms with E-state index in [1.807, 2.05) is 0 Å². The zero-order valence-electron chi connectivity index (χ0n) is 12.2. The van der Waals surface area contributed by atoms with Crippen molar-refractivity contribution in [2.24, 2.45) is 5.92 Å². The first-order valence-electron chi connectivity index (χ1n) is 7.42. The Morgan fingerprint density at radius 1 is 1.22 bits per heavy atom. The Kier molecular flexibility index (Phi) is 3.53. The normalized spacial score (nSPS) is 14.1. The molecule has 3 aromatic rings. The van der Waals surface area contributed by atoms with Gasteiger partial charge in [-0.15, -0.1) is 0 Å². The Labute approximate surface area is 131 Å². The van der Waals surface area contributed by atoms with E-state index in [1.165, 1.54) is 31.2 Å². The Morgan fingerprint density at radius 2 is 2.09 bits per heavy atom. The average Bonchev–Trinajstić information content (AvgIpc) is 3.05. The summed E-state index contributed by atoms with van der Waals surface area (Å²) in [6, 6.07) is 6.15. The van der Waals surface area contributed by atoms with E-state index in [1.54, 1.807) is 12.1 Å². The molecule has 0 saturated heterocycles. The van der Waals surface area contributed by atoms with Crippen LogP contribution >= 0.6 is 0 Å². The third kappa shape index (κ3) is 3.23. The van der Waals surface area contributed by atoms with Gasteiger partial charge in [0.25, 0.3) is 5.89 Å². The van der Waals surface area contributed by atoms with E-state index in [0.29, 0.717) is 23.3 Å². The molecule has 0 aliphatic heterocycles. The number of benzene rings is 1. The summed E-state index contributed by atoms with van der Waals surface area (Å²) < 4.78 is 29.3. The van der Waals surface area contributed by atoms with Crippen LogP contribution in [0.15, 0.2) is 39.5 Å². The highest BCUT2D eigenvalue weighted by atomic mass is 19.1. The molecule has 2 aromatic heterocycles. The van der Waals surface area contributed by atoms with E-state index in [9.17, 15) is 4.39 Å². The second kappa shape index (κ2) is 5.83. The highest BCUT2D eigenvalue weighted by Crippen LogP contribution is 2.32. The molecular weight excluding hydrogens is 301 g/mol. The van der Waals surface area contributed by atoms with Crippen molar-refractivity contribution in [3.63, 3.8) is 0 Å². The highest BCUT2D eigenvalue weighted by molar-refractivity contribution is 5.43. The van der Waals surface area contributed by atoms with Gasteiger partial charge < -0.3 is 13.7 Å². The summed E-state index contributed by atoms with van der Waals surface area (Å²) in [6.07, 6.45) is 4.82. The van der Waals surface area contributed by atoms with Crippen LogP contribution in [0.3, 0.4) is 0 Å². The van der Waals surface area contributed by atoms with Crippen molar-refractivity contribution in [2.45, 2.75) is 25.9 Å². The Balaban J connectivity index is 1.42. The highest BCUT2D eigenvalue weighted by Gasteiger charge is 2.24. The van der Waals surface area contributed by atoms with Crippen molar-refractivity contribution in [1.82, 2.24) is 15.1 Å². The van der Waals surface area contributed by atoms with Gasteiger partial charge in [-0.05, 0) is 30.9 Å². The van der Waals surface area contributed by atoms with E-state index in [4.69, 9.17) is 13.7 Å². The predicted molar refractivity (Wildman–Crippen MR) is 77.0 cm³/mol. The van der Waals surface area contributed by atoms with Crippen LogP contribution in [0, 0.1) is 11.7 Å². The van der Waals surface area contributed by atoms with Gasteiger partial charge in [0.05, 0.1) is 0 Å². The van der Waals surface area contributed by atoms with Crippen molar-refractivity contribution in [3.8, 4) is 17.3 Å². The number of hydrogen-bond donors (Lipinski definition) is 0. The van der Waals surface area contributed by atoms with Crippen LogP contribution in [-0.2, 0) is 13.0 Å². The third-order valence-electron chi connectivity index (χ3n) is 3.59. The van der Waals surface area contributed by atoms with Gasteiger partial charge in [-0.2, -0.15) is 4.98 Å². The standard InChI is InChI=1S/C16H14FN3O3/c17-11-3-1-2-4-13(11)21-9-14-19-16(23-20-14)12-8-22-15(18-12)7-10-5-6-10/h1-4,8,10H,5-7,9H2. The van der Waals surface area contributed by atoms with Crippen molar-refractivity contribution in [2.75, 3.05) is 0 Å². The molecule has 1 aromatic carbocycles. The maximum atomic E-state index is 13.5. The molecule has 1 fully saturated rings. The maximum absolute atomic E-state index is 13.5. The molecule has 0 radical (unpaired) electrons. The number of halogens is 1. The SMILES string of the molecule is Fc1ccccc1OCc1noc(-c2coc(CC3CC3)n2)n1. The summed E-state index contributed by atoms with van der Waals surface area (Å²) in [7, 11) is 0. The van der Waals surface area contributed by atoms with Crippen LogP contribution in [0.5, 0.6) is 5.75 Å². The van der Waals surface area contributed by atoms with Crippen molar-refractivity contribution in [3.05, 3.63) is 48.1 Å². The van der Waals surface area contributed by atoms with Gasteiger partial charge in [0.2, 0.25) is 5.82 Å². The Morgan fingerprint density at radius 3 is 2.91 bits per heavy atom. The maximum Gasteiger partial charge on any atom is 0.280 e. The van der Waals surface area contributed by atoms with Gasteiger partial charge in [0.1, 0.15) is 6.26 Å². The summed E-state index contributed by atoms with van der Waals surface area (Å²) in [5.41, 5.74) is 0.505. The lowest BCUT2D eigenvalue weighted by atomic mass is 10.3. The second-order valence-electron chi connectivity index (χ2n) is 5.51. The lowest BCUT2D eigenvalue weighted by molar-refractivity contribution is 0.274. The summed E-state index contributed by atoms with van der Waals surface area (Å²) in [4.78, 5) is 8.53. The first-order valence-corrected chi connectivity index (χ1v) is 7.42. The van der Waals surface area contributed by atoms with E-state index >= 15 is 0 Å². The minimum absolute atomic E-state index is 0.0111. The Bertz CT molecular complexity index is 810. The summed E-state index contributed by atoms with van der Waals surface area (Å²) in [5.74, 6) is 1.67. The molecule has 0 atom stereocenters. The zero-order valence-corrected chi connectivity index (χ0v) is 12.2. The van der Waals surface area contributed by atoms with Crippen LogP contribution in [0.25, 0.3) is 11.6 Å². The van der Waals surface area contributed by atoms with Crippen LogP contribution in [0.2, 0.25) is 0 Å². The zero-order chi connectivity index (χ0) is 15.6. The second-order valence-corrected chi connectivity index (χ2v) is 5.51. The van der Waals surface area contributed by atoms with Crippen LogP contribution in [0.1, 0.15) is 24.6 Å². The van der Waals surface area contributed by atoms with E-state index in [0.717, 1.165) is 6.42 Å². The predicted octanol–water partition coefficient (Wildman–Crippen LogP) is 3.40. The average molecular weight is 315 g/mol. The first-order chi connectivity index (χ1) is 11.3. The minimum Gasteiger partial charge on any atom is -0.482 e. The largest absolute Gasteiger partial charge is 0.482 e. The third-order valence-corrected chi connectivity index (χ3v) is 3.59. The number of ether oxygens (including phenoxy) is 1. The van der Waals surface area contributed by atoms with Gasteiger partial charge in [0, 0.05) is 6.42 Å². The molecule has 23 heavy (non-hydrogen) atoms. The van der Waals surface area contributed by atoms with Gasteiger partial charge in [0.15, 0.2) is 29.8 Å². The molecular formula is C16H14FN3O3. The number of rotatable bonds is 6. The molecule has 118 valence electrons. The van der Waals surface area contributed by atoms with E-state index in [2.05, 4.69) is 15.1 Å². The summed E-state index contributed by atoms with van der Waals surface area (Å²) in [5, 5.41) is 3.80. The number of aromatic nitrogens is 3. The van der Waals surface area contributed by atoms with Crippen LogP contribution in [0.4, 0.5) is 4.39 Å². The molecule has 0 amide bonds. The molecule has 0 N–H and O–H groups in total. The van der Waals surface area contributed by atoms with Crippen molar-refractivity contribution < 1.29 is 18.1 Å². The van der Waals surface area contributed by atoms with Crippen LogP contribution in [-0.4, -0.2) is 15.1 Å². The number of oxazole rings is 1. The van der Waals surface area contributed by atoms with Crippen LogP contribution < -0.4 is 4.74 Å². The number of hydrogen-bond acceptors (Lipinski definition) is 6. The van der Waals surface area contributed by atoms with E-state index < -0.39 is 5.82 Å². The molecule has 6 nitrogen and oxygen atoms in total. The fourth-order valence-electron chi connectivity index (χ4n) is 2.19. The fourth-order valence-corrected chi connectivity index (χ4v) is 2.19. The molecule has 0 bridgehead atoms. The lowest BCUT2D eigenvalue weighted by Crippen LogP contribution is -1.99. The lowest BCUT2D eigenvalue weighted by Gasteiger charge is -2.03. The summed E-state index contributed by atoms with van der Waals surface area (Å²) >= 11 is 0. The molecule has 1 saturated carbocycles. The van der Waals surface area contributed by atoms with Crippen molar-refractivity contribution >= 4 is 0 Å². The van der Waals surface area contributed by atoms with E-state index in [-0.39, 0.29) is 18.2 Å². The molecule has 0 unspecified atom stereocenters. The van der Waals surface area contributed by atoms with Gasteiger partial charge in [-0.3, -0.25) is 0 Å². The molecule has 1 aliphatic rings. The van der Waals surface area contributed by atoms with Gasteiger partial charge in [-0.25, -0.2) is 9.37 Å². The van der Waals surface area contributed by atoms with Gasteiger partial charge >= 0.3 is 0 Å². The summed E-state index contributed by atoms with van der Waals surface area (Å²) in [6.45, 7) is 0.0111. The monoisotopic (exact) mass is 315 g/mol. The fraction of sp³-hybridized carbons (Fsp3) is 0.312. The molecule has 4 rings (SSSR count). The molecule has 0 spiro atoms. The van der Waals surface area contributed by atoms with Crippen molar-refractivity contribution in [1.29, 1.82) is 0 Å². The topological polar surface area (TPSA) is 74.2 Å². The molecule has 2 heterocycles. The number of nitrogens with zero attached hydrogens (tertiary/aromatic N) is 3. The number of para-hydroxylation sites is 1. The molecule has 1 aliphatic carbocycles. The minimum atomic E-state index is -0.433. The first kappa shape index (κ1) is 13.9. The quantitative estimate of drug-likeness (QED) is 0.694. The Hall–Kier alpha value is -2.70. The smallest absolute Gasteiger partial charge is 0.280 e.